The highest BCUT2D eigenvalue weighted by Crippen LogP contribution is 2.37. The first kappa shape index (κ1) is 25.8. The number of piperidine rings is 1. The molecule has 2 aromatic rings. The number of rotatable bonds is 5. The first-order valence-electron chi connectivity index (χ1n) is 11.3. The Kier molecular flexibility index (Phi) is 7.64. The summed E-state index contributed by atoms with van der Waals surface area (Å²) in [5.41, 5.74) is 2.49. The molecule has 35 heavy (non-hydrogen) atoms. The van der Waals surface area contributed by atoms with Crippen LogP contribution in [-0.4, -0.2) is 53.9 Å². The van der Waals surface area contributed by atoms with E-state index in [1.165, 1.54) is 4.90 Å². The minimum atomic E-state index is -4.23. The molecule has 2 fully saturated rings. The van der Waals surface area contributed by atoms with Crippen LogP contribution in [0.15, 0.2) is 36.4 Å². The van der Waals surface area contributed by atoms with Crippen molar-refractivity contribution in [2.45, 2.75) is 38.0 Å². The van der Waals surface area contributed by atoms with Gasteiger partial charge < -0.3 is 14.7 Å². The summed E-state index contributed by atoms with van der Waals surface area (Å²) in [5, 5.41) is 9.99. The molecule has 0 aliphatic carbocycles. The maximum Gasteiger partial charge on any atom is 0.391 e. The zero-order valence-electron chi connectivity index (χ0n) is 18.7. The Hall–Kier alpha value is -2.29. The SMILES string of the molecule is O=C1O[C@H](CO)C[C@H]1Cc1c(Cl)cc(-c2ccc(C(=O)N3CCC(C(F)(F)F)CC3)cc2)cc1Cl. The molecule has 0 radical (unpaired) electrons. The van der Waals surface area contributed by atoms with Crippen molar-refractivity contribution in [2.75, 3.05) is 19.7 Å². The van der Waals surface area contributed by atoms with Crippen LogP contribution in [0.3, 0.4) is 0 Å². The molecule has 2 atom stereocenters. The van der Waals surface area contributed by atoms with Crippen molar-refractivity contribution >= 4 is 35.1 Å². The van der Waals surface area contributed by atoms with Gasteiger partial charge in [0.1, 0.15) is 6.10 Å². The molecule has 2 aromatic carbocycles. The molecule has 10 heteroatoms. The molecule has 0 unspecified atom stereocenters. The number of alkyl halides is 3. The van der Waals surface area contributed by atoms with E-state index in [0.29, 0.717) is 34.0 Å². The zero-order chi connectivity index (χ0) is 25.3. The molecule has 1 amide bonds. The van der Waals surface area contributed by atoms with Crippen molar-refractivity contribution in [3.05, 3.63) is 57.6 Å². The van der Waals surface area contributed by atoms with Crippen LogP contribution in [0.5, 0.6) is 0 Å². The second kappa shape index (κ2) is 10.4. The molecule has 2 saturated heterocycles. The van der Waals surface area contributed by atoms with Gasteiger partial charge in [-0.3, -0.25) is 9.59 Å². The Bertz CT molecular complexity index is 1080. The van der Waals surface area contributed by atoms with Gasteiger partial charge in [0.25, 0.3) is 5.91 Å². The van der Waals surface area contributed by atoms with Gasteiger partial charge in [0.05, 0.1) is 18.4 Å². The number of benzene rings is 2. The number of aliphatic hydroxyl groups excluding tert-OH is 1. The summed E-state index contributed by atoms with van der Waals surface area (Å²) in [6, 6.07) is 10.2. The summed E-state index contributed by atoms with van der Waals surface area (Å²) in [7, 11) is 0. The van der Waals surface area contributed by atoms with E-state index in [0.717, 1.165) is 11.1 Å². The first-order chi connectivity index (χ1) is 16.6. The number of amides is 1. The Balaban J connectivity index is 1.44. The molecule has 0 bridgehead atoms. The Morgan fingerprint density at radius 1 is 1.06 bits per heavy atom. The van der Waals surface area contributed by atoms with Crippen LogP contribution in [0.1, 0.15) is 35.2 Å². The number of halogens is 5. The number of hydrogen-bond donors (Lipinski definition) is 1. The second-order valence-corrected chi connectivity index (χ2v) is 9.80. The highest BCUT2D eigenvalue weighted by atomic mass is 35.5. The second-order valence-electron chi connectivity index (χ2n) is 8.98. The lowest BCUT2D eigenvalue weighted by Gasteiger charge is -2.33. The molecule has 4 rings (SSSR count). The molecule has 2 heterocycles. The molecule has 0 spiro atoms. The third-order valence-electron chi connectivity index (χ3n) is 6.67. The van der Waals surface area contributed by atoms with Crippen molar-refractivity contribution in [2.24, 2.45) is 11.8 Å². The van der Waals surface area contributed by atoms with Crippen molar-refractivity contribution < 1.29 is 32.6 Å². The number of esters is 1. The average molecular weight is 530 g/mol. The van der Waals surface area contributed by atoms with E-state index in [1.807, 2.05) is 0 Å². The quantitative estimate of drug-likeness (QED) is 0.516. The summed E-state index contributed by atoms with van der Waals surface area (Å²) >= 11 is 13.0. The summed E-state index contributed by atoms with van der Waals surface area (Å²) in [6.07, 6.45) is -4.22. The van der Waals surface area contributed by atoms with Crippen LogP contribution < -0.4 is 0 Å². The highest BCUT2D eigenvalue weighted by molar-refractivity contribution is 6.36. The monoisotopic (exact) mass is 529 g/mol. The van der Waals surface area contributed by atoms with E-state index in [4.69, 9.17) is 27.9 Å². The Morgan fingerprint density at radius 2 is 1.66 bits per heavy atom. The van der Waals surface area contributed by atoms with Crippen LogP contribution in [-0.2, 0) is 16.0 Å². The predicted molar refractivity (Wildman–Crippen MR) is 125 cm³/mol. The van der Waals surface area contributed by atoms with E-state index in [1.54, 1.807) is 36.4 Å². The summed E-state index contributed by atoms with van der Waals surface area (Å²) in [6.45, 7) is -0.0803. The number of ether oxygens (including phenoxy) is 1. The zero-order valence-corrected chi connectivity index (χ0v) is 20.2. The van der Waals surface area contributed by atoms with Gasteiger partial charge in [-0.1, -0.05) is 35.3 Å². The molecule has 5 nitrogen and oxygen atoms in total. The minimum absolute atomic E-state index is 0.0744. The first-order valence-corrected chi connectivity index (χ1v) is 12.1. The lowest BCUT2D eigenvalue weighted by Crippen LogP contribution is -2.42. The fraction of sp³-hybridized carbons (Fsp3) is 0.440. The Morgan fingerprint density at radius 3 is 2.17 bits per heavy atom. The topological polar surface area (TPSA) is 66.8 Å². The molecule has 188 valence electrons. The van der Waals surface area contributed by atoms with E-state index in [-0.39, 0.29) is 44.4 Å². The smallest absolute Gasteiger partial charge is 0.391 e. The number of cyclic esters (lactones) is 1. The van der Waals surface area contributed by atoms with E-state index >= 15 is 0 Å². The summed E-state index contributed by atoms with van der Waals surface area (Å²) in [4.78, 5) is 26.2. The summed E-state index contributed by atoms with van der Waals surface area (Å²) < 4.78 is 43.7. The molecule has 0 aromatic heterocycles. The van der Waals surface area contributed by atoms with E-state index in [9.17, 15) is 27.9 Å². The van der Waals surface area contributed by atoms with Gasteiger partial charge in [-0.25, -0.2) is 0 Å². The van der Waals surface area contributed by atoms with E-state index < -0.39 is 24.1 Å². The molecule has 0 saturated carbocycles. The maximum atomic E-state index is 12.9. The average Bonchev–Trinajstić information content (AvgIpc) is 3.19. The lowest BCUT2D eigenvalue weighted by molar-refractivity contribution is -0.183. The number of likely N-dealkylation sites (tertiary alicyclic amines) is 1. The minimum Gasteiger partial charge on any atom is -0.460 e. The molecular formula is C25H24Cl2F3NO4. The third-order valence-corrected chi connectivity index (χ3v) is 7.34. The van der Waals surface area contributed by atoms with Crippen LogP contribution in [0.4, 0.5) is 13.2 Å². The number of carbonyl (C=O) groups is 2. The maximum absolute atomic E-state index is 12.9. The van der Waals surface area contributed by atoms with Crippen LogP contribution >= 0.6 is 23.2 Å². The number of carbonyl (C=O) groups excluding carboxylic acids is 2. The third kappa shape index (κ3) is 5.76. The van der Waals surface area contributed by atoms with Gasteiger partial charge in [-0.15, -0.1) is 0 Å². The molecule has 1 N–H and O–H groups in total. The molecule has 2 aliphatic rings. The van der Waals surface area contributed by atoms with Crippen LogP contribution in [0, 0.1) is 11.8 Å². The number of aliphatic hydroxyl groups is 1. The van der Waals surface area contributed by atoms with Gasteiger partial charge in [0.2, 0.25) is 0 Å². The van der Waals surface area contributed by atoms with E-state index in [2.05, 4.69) is 0 Å². The predicted octanol–water partition coefficient (Wildman–Crippen LogP) is 5.54. The number of nitrogens with zero attached hydrogens (tertiary/aromatic N) is 1. The Labute approximate surface area is 210 Å². The molecule has 2 aliphatic heterocycles. The lowest BCUT2D eigenvalue weighted by atomic mass is 9.94. The van der Waals surface area contributed by atoms with Crippen LogP contribution in [0.25, 0.3) is 11.1 Å². The van der Waals surface area contributed by atoms with Gasteiger partial charge in [0, 0.05) is 35.1 Å². The van der Waals surface area contributed by atoms with Crippen molar-refractivity contribution in [3.63, 3.8) is 0 Å². The largest absolute Gasteiger partial charge is 0.460 e. The van der Waals surface area contributed by atoms with Crippen molar-refractivity contribution in [1.29, 1.82) is 0 Å². The van der Waals surface area contributed by atoms with Gasteiger partial charge in [-0.2, -0.15) is 13.2 Å². The van der Waals surface area contributed by atoms with Crippen molar-refractivity contribution in [3.8, 4) is 11.1 Å². The van der Waals surface area contributed by atoms with Crippen LogP contribution in [0.2, 0.25) is 10.0 Å². The fourth-order valence-corrected chi connectivity index (χ4v) is 5.25. The molecular weight excluding hydrogens is 506 g/mol. The van der Waals surface area contributed by atoms with Gasteiger partial charge >= 0.3 is 12.1 Å². The fourth-order valence-electron chi connectivity index (χ4n) is 4.61. The van der Waals surface area contributed by atoms with Gasteiger partial charge in [0.15, 0.2) is 0 Å². The highest BCUT2D eigenvalue weighted by Gasteiger charge is 2.41. The summed E-state index contributed by atoms with van der Waals surface area (Å²) in [5.74, 6) is -2.47. The number of hydrogen-bond acceptors (Lipinski definition) is 4. The standard InChI is InChI=1S/C25H24Cl2F3NO4/c26-21-11-16(12-22(27)20(21)10-17-9-19(13-32)35-24(17)34)14-1-3-15(4-2-14)23(33)31-7-5-18(6-8-31)25(28,29)30/h1-4,11-12,17-19,32H,5-10,13H2/t17-,19-/m0/s1. The van der Waals surface area contributed by atoms with Gasteiger partial charge in [-0.05, 0) is 60.2 Å². The van der Waals surface area contributed by atoms with Crippen molar-refractivity contribution in [1.82, 2.24) is 4.90 Å². The normalized spacial score (nSPS) is 21.3.